The minimum atomic E-state index is -0.877. The van der Waals surface area contributed by atoms with Crippen LogP contribution in [0.25, 0.3) is 10.4 Å². The predicted molar refractivity (Wildman–Crippen MR) is 92.7 cm³/mol. The van der Waals surface area contributed by atoms with Gasteiger partial charge in [-0.15, -0.1) is 0 Å². The van der Waals surface area contributed by atoms with Gasteiger partial charge in [0.1, 0.15) is 12.6 Å². The summed E-state index contributed by atoms with van der Waals surface area (Å²) in [6, 6.07) is 8.34. The molecule has 0 unspecified atom stereocenters. The number of azide groups is 1. The van der Waals surface area contributed by atoms with E-state index in [1.54, 1.807) is 0 Å². The van der Waals surface area contributed by atoms with Crippen molar-refractivity contribution in [2.24, 2.45) is 5.11 Å². The standard InChI is InChI=1S/C16H19BrN4O3/c17-9-5-4-8-14(19-20-18)15(22)21-13(11-24-16(21)23)10-12-6-2-1-3-7-12/h1-3,6-7,13-14H,4-5,8-11H2/t13-,14-/m0/s1. The molecule has 0 N–H and O–H groups in total. The number of hydrogen-bond acceptors (Lipinski definition) is 4. The number of ether oxygens (including phenoxy) is 1. The van der Waals surface area contributed by atoms with E-state index in [0.29, 0.717) is 12.8 Å². The molecular formula is C16H19BrN4O3. The molecular weight excluding hydrogens is 376 g/mol. The first-order valence-corrected chi connectivity index (χ1v) is 8.93. The molecule has 0 spiro atoms. The molecule has 24 heavy (non-hydrogen) atoms. The fourth-order valence-corrected chi connectivity index (χ4v) is 3.05. The zero-order valence-electron chi connectivity index (χ0n) is 13.2. The number of nitrogens with zero attached hydrogens (tertiary/aromatic N) is 4. The van der Waals surface area contributed by atoms with Crippen molar-refractivity contribution >= 4 is 27.9 Å². The SMILES string of the molecule is [N-]=[N+]=N[C@@H](CCCCBr)C(=O)N1C(=O)OC[C@@H]1Cc1ccccc1. The number of amides is 2. The summed E-state index contributed by atoms with van der Waals surface area (Å²) >= 11 is 3.33. The van der Waals surface area contributed by atoms with Crippen LogP contribution >= 0.6 is 15.9 Å². The zero-order chi connectivity index (χ0) is 17.4. The Morgan fingerprint density at radius 1 is 1.42 bits per heavy atom. The van der Waals surface area contributed by atoms with Crippen molar-refractivity contribution in [3.05, 3.63) is 46.3 Å². The van der Waals surface area contributed by atoms with E-state index in [9.17, 15) is 9.59 Å². The molecule has 1 aliphatic rings. The van der Waals surface area contributed by atoms with Crippen molar-refractivity contribution in [3.8, 4) is 0 Å². The van der Waals surface area contributed by atoms with Gasteiger partial charge in [-0.3, -0.25) is 4.79 Å². The maximum atomic E-state index is 12.7. The monoisotopic (exact) mass is 394 g/mol. The Hall–Kier alpha value is -2.05. The van der Waals surface area contributed by atoms with Crippen LogP contribution in [0.3, 0.4) is 0 Å². The van der Waals surface area contributed by atoms with Gasteiger partial charge in [0.05, 0.1) is 6.04 Å². The molecule has 2 rings (SSSR count). The van der Waals surface area contributed by atoms with Crippen LogP contribution in [0.5, 0.6) is 0 Å². The van der Waals surface area contributed by atoms with E-state index in [-0.39, 0.29) is 12.6 Å². The van der Waals surface area contributed by atoms with Crippen LogP contribution in [0.1, 0.15) is 24.8 Å². The van der Waals surface area contributed by atoms with Crippen LogP contribution in [0.4, 0.5) is 4.79 Å². The lowest BCUT2D eigenvalue weighted by atomic mass is 10.0. The topological polar surface area (TPSA) is 95.4 Å². The van der Waals surface area contributed by atoms with Crippen molar-refractivity contribution in [1.29, 1.82) is 0 Å². The summed E-state index contributed by atoms with van der Waals surface area (Å²) < 4.78 is 5.05. The molecule has 0 saturated carbocycles. The van der Waals surface area contributed by atoms with E-state index < -0.39 is 18.0 Å². The second kappa shape index (κ2) is 9.30. The first-order valence-electron chi connectivity index (χ1n) is 7.81. The summed E-state index contributed by atoms with van der Waals surface area (Å²) in [6.45, 7) is 0.157. The molecule has 8 heteroatoms. The summed E-state index contributed by atoms with van der Waals surface area (Å²) in [5, 5.41) is 4.39. The number of alkyl halides is 1. The Labute approximate surface area is 148 Å². The van der Waals surface area contributed by atoms with Gasteiger partial charge >= 0.3 is 6.09 Å². The fourth-order valence-electron chi connectivity index (χ4n) is 2.65. The molecule has 1 aromatic carbocycles. The van der Waals surface area contributed by atoms with Crippen LogP contribution in [0.15, 0.2) is 35.4 Å². The Balaban J connectivity index is 2.10. The van der Waals surface area contributed by atoms with Gasteiger partial charge in [-0.05, 0) is 30.4 Å². The van der Waals surface area contributed by atoms with Crippen LogP contribution in [-0.2, 0) is 16.0 Å². The number of rotatable bonds is 8. The molecule has 0 aromatic heterocycles. The van der Waals surface area contributed by atoms with Crippen molar-refractivity contribution in [2.45, 2.75) is 37.8 Å². The van der Waals surface area contributed by atoms with Gasteiger partial charge in [-0.1, -0.05) is 57.8 Å². The number of hydrogen-bond donors (Lipinski definition) is 0. The lowest BCUT2D eigenvalue weighted by Gasteiger charge is -2.22. The molecule has 0 radical (unpaired) electrons. The summed E-state index contributed by atoms with van der Waals surface area (Å²) in [5.41, 5.74) is 9.73. The van der Waals surface area contributed by atoms with Gasteiger partial charge in [0.15, 0.2) is 0 Å². The molecule has 0 aliphatic carbocycles. The molecule has 128 valence electrons. The molecule has 1 fully saturated rings. The third kappa shape index (κ3) is 4.72. The Bertz CT molecular complexity index is 619. The molecule has 2 amide bonds. The molecule has 2 atom stereocenters. The molecule has 1 aliphatic heterocycles. The lowest BCUT2D eigenvalue weighted by Crippen LogP contribution is -2.45. The van der Waals surface area contributed by atoms with Crippen LogP contribution in [-0.4, -0.2) is 40.9 Å². The fraction of sp³-hybridized carbons (Fsp3) is 0.500. The first-order chi connectivity index (χ1) is 11.7. The second-order valence-corrected chi connectivity index (χ2v) is 6.33. The number of imide groups is 1. The average molecular weight is 395 g/mol. The van der Waals surface area contributed by atoms with Gasteiger partial charge in [0.2, 0.25) is 5.91 Å². The Morgan fingerprint density at radius 2 is 2.17 bits per heavy atom. The first kappa shape index (κ1) is 18.3. The van der Waals surface area contributed by atoms with Gasteiger partial charge in [0, 0.05) is 10.2 Å². The van der Waals surface area contributed by atoms with Crippen molar-refractivity contribution in [3.63, 3.8) is 0 Å². The summed E-state index contributed by atoms with van der Waals surface area (Å²) in [4.78, 5) is 28.6. The normalized spacial score (nSPS) is 18.0. The highest BCUT2D eigenvalue weighted by Gasteiger charge is 2.40. The van der Waals surface area contributed by atoms with E-state index in [1.807, 2.05) is 30.3 Å². The number of unbranched alkanes of at least 4 members (excludes halogenated alkanes) is 1. The number of carbonyl (C=O) groups is 2. The highest BCUT2D eigenvalue weighted by atomic mass is 79.9. The maximum Gasteiger partial charge on any atom is 0.416 e. The highest BCUT2D eigenvalue weighted by Crippen LogP contribution is 2.21. The average Bonchev–Trinajstić information content (AvgIpc) is 2.95. The second-order valence-electron chi connectivity index (χ2n) is 5.53. The van der Waals surface area contributed by atoms with E-state index in [0.717, 1.165) is 28.6 Å². The van der Waals surface area contributed by atoms with Crippen molar-refractivity contribution in [2.75, 3.05) is 11.9 Å². The Morgan fingerprint density at radius 3 is 2.83 bits per heavy atom. The van der Waals surface area contributed by atoms with E-state index >= 15 is 0 Å². The van der Waals surface area contributed by atoms with Crippen LogP contribution in [0, 0.1) is 0 Å². The number of carbonyl (C=O) groups excluding carboxylic acids is 2. The predicted octanol–water partition coefficient (Wildman–Crippen LogP) is 3.82. The Kier molecular flexibility index (Phi) is 7.08. The lowest BCUT2D eigenvalue weighted by molar-refractivity contribution is -0.130. The summed E-state index contributed by atoms with van der Waals surface area (Å²) in [5.74, 6) is -0.481. The smallest absolute Gasteiger partial charge is 0.416 e. The summed E-state index contributed by atoms with van der Waals surface area (Å²) in [6.07, 6.45) is 1.86. The summed E-state index contributed by atoms with van der Waals surface area (Å²) in [7, 11) is 0. The third-order valence-electron chi connectivity index (χ3n) is 3.85. The largest absolute Gasteiger partial charge is 0.447 e. The van der Waals surface area contributed by atoms with E-state index in [4.69, 9.17) is 10.3 Å². The van der Waals surface area contributed by atoms with Crippen molar-refractivity contribution in [1.82, 2.24) is 4.90 Å². The van der Waals surface area contributed by atoms with Crippen LogP contribution in [0.2, 0.25) is 0 Å². The molecule has 1 saturated heterocycles. The minimum absolute atomic E-state index is 0.157. The molecule has 7 nitrogen and oxygen atoms in total. The minimum Gasteiger partial charge on any atom is -0.447 e. The number of halogens is 1. The molecule has 0 bridgehead atoms. The highest BCUT2D eigenvalue weighted by molar-refractivity contribution is 9.09. The number of benzene rings is 1. The maximum absolute atomic E-state index is 12.7. The van der Waals surface area contributed by atoms with Crippen molar-refractivity contribution < 1.29 is 14.3 Å². The number of cyclic esters (lactones) is 1. The van der Waals surface area contributed by atoms with Gasteiger partial charge in [0.25, 0.3) is 0 Å². The quantitative estimate of drug-likeness (QED) is 0.220. The molecule has 1 aromatic rings. The van der Waals surface area contributed by atoms with E-state index in [2.05, 4.69) is 26.0 Å². The third-order valence-corrected chi connectivity index (χ3v) is 4.41. The van der Waals surface area contributed by atoms with Gasteiger partial charge in [-0.2, -0.15) is 0 Å². The zero-order valence-corrected chi connectivity index (χ0v) is 14.8. The molecule has 1 heterocycles. The van der Waals surface area contributed by atoms with Crippen LogP contribution < -0.4 is 0 Å². The van der Waals surface area contributed by atoms with Gasteiger partial charge < -0.3 is 4.74 Å². The van der Waals surface area contributed by atoms with Gasteiger partial charge in [-0.25, -0.2) is 9.69 Å². The van der Waals surface area contributed by atoms with E-state index in [1.165, 1.54) is 0 Å².